The number of pyridine rings is 1. The minimum atomic E-state index is -2.40. The Morgan fingerprint density at radius 3 is 2.49 bits per heavy atom. The number of aromatic nitrogens is 1. The molecule has 1 aromatic carbocycles. The van der Waals surface area contributed by atoms with Crippen LogP contribution in [0.4, 0.5) is 10.1 Å². The standard InChI is InChI=1S/C26H33FN4O8/c27-19-10-18(24(34)30-11-14-1-5-31(6-2-14)13-15-3-7-38-8-4-15)21-17(20(19)28)9-16(12-29-21)39-26(37)23(33)22(32)25(35)36/h9-10,12,14-15,22-23,32-33H,1-8,11,13,28H2,(H,30,34)(H,35,36). The smallest absolute Gasteiger partial charge is 0.343 e. The number of carbonyl (C=O) groups excluding carboxylic acids is 2. The van der Waals surface area contributed by atoms with Gasteiger partial charge in [0.2, 0.25) is 0 Å². The highest BCUT2D eigenvalue weighted by Gasteiger charge is 2.32. The summed E-state index contributed by atoms with van der Waals surface area (Å²) in [6.07, 6.45) is 0.348. The van der Waals surface area contributed by atoms with E-state index in [2.05, 4.69) is 15.2 Å². The highest BCUT2D eigenvalue weighted by atomic mass is 19.1. The first kappa shape index (κ1) is 28.6. The number of hydrogen-bond acceptors (Lipinski definition) is 10. The molecule has 2 aromatic rings. The minimum absolute atomic E-state index is 0.0138. The van der Waals surface area contributed by atoms with E-state index < -0.39 is 35.9 Å². The molecule has 2 aliphatic heterocycles. The van der Waals surface area contributed by atoms with Crippen molar-refractivity contribution in [2.45, 2.75) is 37.9 Å². The number of aliphatic carboxylic acids is 1. The van der Waals surface area contributed by atoms with Crippen LogP contribution >= 0.6 is 0 Å². The SMILES string of the molecule is Nc1c(F)cc(C(=O)NCC2CCN(CC3CCOCC3)CC2)c2ncc(OC(=O)C(O)C(O)C(=O)O)cc12. The number of carboxylic acid groups (broad SMARTS) is 1. The molecule has 2 fully saturated rings. The van der Waals surface area contributed by atoms with Crippen molar-refractivity contribution < 1.29 is 43.6 Å². The van der Waals surface area contributed by atoms with Gasteiger partial charge >= 0.3 is 11.9 Å². The van der Waals surface area contributed by atoms with Gasteiger partial charge in [-0.05, 0) is 62.7 Å². The van der Waals surface area contributed by atoms with Crippen molar-refractivity contribution in [2.75, 3.05) is 45.1 Å². The number of amides is 1. The zero-order chi connectivity index (χ0) is 28.1. The van der Waals surface area contributed by atoms with Gasteiger partial charge in [0, 0.05) is 31.7 Å². The third-order valence-corrected chi connectivity index (χ3v) is 7.31. The number of hydrogen-bond donors (Lipinski definition) is 5. The second kappa shape index (κ2) is 12.6. The number of piperidine rings is 1. The summed E-state index contributed by atoms with van der Waals surface area (Å²) in [6.45, 7) is 5.07. The first-order valence-electron chi connectivity index (χ1n) is 12.9. The third-order valence-electron chi connectivity index (χ3n) is 7.31. The Hall–Kier alpha value is -3.39. The normalized spacial score (nSPS) is 18.9. The molecular weight excluding hydrogens is 515 g/mol. The molecule has 212 valence electrons. The van der Waals surface area contributed by atoms with E-state index in [4.69, 9.17) is 20.3 Å². The number of nitrogens with two attached hydrogens (primary N) is 1. The van der Waals surface area contributed by atoms with E-state index in [1.165, 1.54) is 0 Å². The first-order chi connectivity index (χ1) is 18.6. The van der Waals surface area contributed by atoms with Crippen LogP contribution in [0.3, 0.4) is 0 Å². The van der Waals surface area contributed by atoms with Gasteiger partial charge in [-0.2, -0.15) is 0 Å². The van der Waals surface area contributed by atoms with Crippen molar-refractivity contribution >= 4 is 34.4 Å². The number of fused-ring (bicyclic) bond motifs is 1. The van der Waals surface area contributed by atoms with Crippen molar-refractivity contribution in [1.82, 2.24) is 15.2 Å². The van der Waals surface area contributed by atoms with Gasteiger partial charge in [0.15, 0.2) is 12.2 Å². The quantitative estimate of drug-likeness (QED) is 0.218. The van der Waals surface area contributed by atoms with Gasteiger partial charge in [-0.15, -0.1) is 0 Å². The van der Waals surface area contributed by atoms with Crippen LogP contribution in [0.15, 0.2) is 18.3 Å². The van der Waals surface area contributed by atoms with Crippen LogP contribution in [-0.2, 0) is 14.3 Å². The number of rotatable bonds is 9. The topological polar surface area (TPSA) is 185 Å². The summed E-state index contributed by atoms with van der Waals surface area (Å²) in [6, 6.07) is 2.14. The fraction of sp³-hybridized carbons (Fsp3) is 0.538. The number of aliphatic hydroxyl groups is 2. The number of carboxylic acids is 1. The lowest BCUT2D eigenvalue weighted by Gasteiger charge is -2.35. The zero-order valence-electron chi connectivity index (χ0n) is 21.3. The number of carbonyl (C=O) groups is 3. The van der Waals surface area contributed by atoms with Gasteiger partial charge in [-0.3, -0.25) is 9.78 Å². The van der Waals surface area contributed by atoms with Crippen LogP contribution in [0, 0.1) is 17.7 Å². The van der Waals surface area contributed by atoms with Crippen LogP contribution < -0.4 is 15.8 Å². The first-order valence-corrected chi connectivity index (χ1v) is 12.9. The molecule has 2 aliphatic rings. The Labute approximate surface area is 223 Å². The molecule has 2 atom stereocenters. The summed E-state index contributed by atoms with van der Waals surface area (Å²) < 4.78 is 24.9. The van der Waals surface area contributed by atoms with Crippen LogP contribution in [0.5, 0.6) is 5.75 Å². The van der Waals surface area contributed by atoms with E-state index in [1.807, 2.05) is 0 Å². The average molecular weight is 549 g/mol. The Morgan fingerprint density at radius 2 is 1.82 bits per heavy atom. The van der Waals surface area contributed by atoms with E-state index in [-0.39, 0.29) is 33.8 Å². The molecule has 4 rings (SSSR count). The molecule has 12 nitrogen and oxygen atoms in total. The fourth-order valence-corrected chi connectivity index (χ4v) is 4.94. The molecule has 0 radical (unpaired) electrons. The van der Waals surface area contributed by atoms with Gasteiger partial charge in [-0.1, -0.05) is 0 Å². The lowest BCUT2D eigenvalue weighted by atomic mass is 9.94. The summed E-state index contributed by atoms with van der Waals surface area (Å²) >= 11 is 0. The number of ether oxygens (including phenoxy) is 2. The van der Waals surface area contributed by atoms with Gasteiger partial charge in [0.1, 0.15) is 11.6 Å². The van der Waals surface area contributed by atoms with Crippen molar-refractivity contribution in [3.8, 4) is 5.75 Å². The number of likely N-dealkylation sites (tertiary alicyclic amines) is 1. The number of nitrogen functional groups attached to an aromatic ring is 1. The van der Waals surface area contributed by atoms with Gasteiger partial charge < -0.3 is 40.7 Å². The summed E-state index contributed by atoms with van der Waals surface area (Å²) in [5.41, 5.74) is 5.53. The minimum Gasteiger partial charge on any atom is -0.479 e. The molecule has 13 heteroatoms. The maximum Gasteiger partial charge on any atom is 0.343 e. The Morgan fingerprint density at radius 1 is 1.13 bits per heavy atom. The highest BCUT2D eigenvalue weighted by molar-refractivity contribution is 6.08. The summed E-state index contributed by atoms with van der Waals surface area (Å²) in [5.74, 6) is -4.02. The monoisotopic (exact) mass is 548 g/mol. The molecule has 0 saturated carbocycles. The van der Waals surface area contributed by atoms with E-state index in [0.717, 1.165) is 76.9 Å². The number of anilines is 1. The molecule has 0 bridgehead atoms. The summed E-state index contributed by atoms with van der Waals surface area (Å²) in [5, 5.41) is 30.5. The van der Waals surface area contributed by atoms with Crippen molar-refractivity contribution in [3.05, 3.63) is 29.7 Å². The number of halogens is 1. The molecule has 1 amide bonds. The van der Waals surface area contributed by atoms with Crippen molar-refractivity contribution in [2.24, 2.45) is 11.8 Å². The maximum atomic E-state index is 14.6. The lowest BCUT2D eigenvalue weighted by Crippen LogP contribution is -2.41. The molecule has 0 spiro atoms. The molecule has 2 saturated heterocycles. The molecule has 0 aliphatic carbocycles. The average Bonchev–Trinajstić information content (AvgIpc) is 2.94. The molecular formula is C26H33FN4O8. The highest BCUT2D eigenvalue weighted by Crippen LogP contribution is 2.30. The molecule has 39 heavy (non-hydrogen) atoms. The predicted octanol–water partition coefficient (Wildman–Crippen LogP) is 0.536. The van der Waals surface area contributed by atoms with Crippen molar-refractivity contribution in [1.29, 1.82) is 0 Å². The lowest BCUT2D eigenvalue weighted by molar-refractivity contribution is -0.164. The predicted molar refractivity (Wildman–Crippen MR) is 136 cm³/mol. The van der Waals surface area contributed by atoms with Crippen LogP contribution in [-0.4, -0.2) is 94.6 Å². The Bertz CT molecular complexity index is 1210. The second-order valence-corrected chi connectivity index (χ2v) is 10.0. The Balaban J connectivity index is 1.38. The molecule has 3 heterocycles. The van der Waals surface area contributed by atoms with E-state index in [1.54, 1.807) is 0 Å². The van der Waals surface area contributed by atoms with E-state index in [9.17, 15) is 29.0 Å². The maximum absolute atomic E-state index is 14.6. The number of esters is 1. The Kier molecular flexibility index (Phi) is 9.28. The van der Waals surface area contributed by atoms with Crippen LogP contribution in [0.2, 0.25) is 0 Å². The molecule has 1 aromatic heterocycles. The van der Waals surface area contributed by atoms with Gasteiger partial charge in [0.05, 0.1) is 23.0 Å². The van der Waals surface area contributed by atoms with E-state index in [0.29, 0.717) is 12.5 Å². The zero-order valence-corrected chi connectivity index (χ0v) is 21.3. The number of aliphatic hydroxyl groups excluding tert-OH is 2. The fourth-order valence-electron chi connectivity index (χ4n) is 4.94. The summed E-state index contributed by atoms with van der Waals surface area (Å²) in [4.78, 5) is 42.3. The number of benzene rings is 1. The van der Waals surface area contributed by atoms with Crippen LogP contribution in [0.25, 0.3) is 10.9 Å². The second-order valence-electron chi connectivity index (χ2n) is 10.0. The third kappa shape index (κ3) is 6.98. The molecule has 2 unspecified atom stereocenters. The van der Waals surface area contributed by atoms with Crippen LogP contribution in [0.1, 0.15) is 36.0 Å². The number of nitrogens with one attached hydrogen (secondary N) is 1. The summed E-state index contributed by atoms with van der Waals surface area (Å²) in [7, 11) is 0. The molecule has 6 N–H and O–H groups in total. The largest absolute Gasteiger partial charge is 0.479 e. The van der Waals surface area contributed by atoms with Gasteiger partial charge in [0.25, 0.3) is 5.91 Å². The number of nitrogens with zero attached hydrogens (tertiary/aromatic N) is 2. The van der Waals surface area contributed by atoms with Gasteiger partial charge in [-0.25, -0.2) is 14.0 Å². The van der Waals surface area contributed by atoms with E-state index >= 15 is 0 Å². The van der Waals surface area contributed by atoms with Crippen molar-refractivity contribution in [3.63, 3.8) is 0 Å².